The molecule has 0 unspecified atom stereocenters. The number of hydrogen-bond donors (Lipinski definition) is 1. The van der Waals surface area contributed by atoms with Crippen LogP contribution in [-0.2, 0) is 20.8 Å². The molecule has 2 aliphatic heterocycles. The molecule has 1 N–H and O–H groups in total. The van der Waals surface area contributed by atoms with Crippen LogP contribution in [0.3, 0.4) is 0 Å². The van der Waals surface area contributed by atoms with Gasteiger partial charge < -0.3 is 19.7 Å². The maximum absolute atomic E-state index is 12.9. The Bertz CT molecular complexity index is 855. The van der Waals surface area contributed by atoms with E-state index in [1.165, 1.54) is 12.7 Å². The molecule has 2 saturated heterocycles. The summed E-state index contributed by atoms with van der Waals surface area (Å²) >= 11 is 0. The molecule has 1 aromatic rings. The lowest BCUT2D eigenvalue weighted by molar-refractivity contribution is -0.124. The van der Waals surface area contributed by atoms with Crippen molar-refractivity contribution in [3.05, 3.63) is 35.4 Å². The van der Waals surface area contributed by atoms with Gasteiger partial charge in [0.25, 0.3) is 0 Å². The lowest BCUT2D eigenvalue weighted by Crippen LogP contribution is -2.47. The summed E-state index contributed by atoms with van der Waals surface area (Å²) in [5.74, 6) is 0.00239. The van der Waals surface area contributed by atoms with Crippen molar-refractivity contribution >= 4 is 18.0 Å². The minimum atomic E-state index is -0.316. The van der Waals surface area contributed by atoms with Crippen molar-refractivity contribution in [1.82, 2.24) is 15.1 Å². The van der Waals surface area contributed by atoms with Crippen molar-refractivity contribution in [3.63, 3.8) is 0 Å². The van der Waals surface area contributed by atoms with Gasteiger partial charge in [-0.05, 0) is 75.2 Å². The van der Waals surface area contributed by atoms with Crippen molar-refractivity contribution in [2.45, 2.75) is 51.6 Å². The molecule has 2 amide bonds. The molecule has 180 valence electrons. The summed E-state index contributed by atoms with van der Waals surface area (Å²) in [5.41, 5.74) is 1.91. The minimum absolute atomic E-state index is 0.127. The number of amides is 2. The van der Waals surface area contributed by atoms with Gasteiger partial charge in [-0.3, -0.25) is 9.69 Å². The number of carbonyl (C=O) groups is 3. The fourth-order valence-electron chi connectivity index (χ4n) is 5.27. The zero-order valence-electron chi connectivity index (χ0n) is 19.7. The number of hydrogen-bond acceptors (Lipinski definition) is 6. The van der Waals surface area contributed by atoms with Crippen LogP contribution in [0.5, 0.6) is 0 Å². The fraction of sp³-hybridized carbons (Fsp3) is 0.640. The first-order valence-electron chi connectivity index (χ1n) is 12.1. The van der Waals surface area contributed by atoms with Crippen LogP contribution in [-0.4, -0.2) is 73.7 Å². The Morgan fingerprint density at radius 1 is 1.06 bits per heavy atom. The van der Waals surface area contributed by atoms with Crippen LogP contribution < -0.4 is 5.32 Å². The normalized spacial score (nSPS) is 22.6. The van der Waals surface area contributed by atoms with Crippen LogP contribution >= 0.6 is 0 Å². The van der Waals surface area contributed by atoms with Gasteiger partial charge in [0.2, 0.25) is 5.91 Å². The zero-order valence-corrected chi connectivity index (χ0v) is 19.7. The van der Waals surface area contributed by atoms with Crippen molar-refractivity contribution in [1.29, 1.82) is 0 Å². The number of likely N-dealkylation sites (tertiary alicyclic amines) is 2. The van der Waals surface area contributed by atoms with E-state index < -0.39 is 0 Å². The number of esters is 1. The average molecular weight is 458 g/mol. The second-order valence-corrected chi connectivity index (χ2v) is 9.55. The number of methoxy groups -OCH3 is 1. The molecule has 33 heavy (non-hydrogen) atoms. The van der Waals surface area contributed by atoms with Gasteiger partial charge in [-0.15, -0.1) is 0 Å². The summed E-state index contributed by atoms with van der Waals surface area (Å²) in [6.45, 7) is 6.29. The standard InChI is InChI=1S/C25H35N3O5/c1-3-33-24(31)28-12-8-20(9-13-28)26-22(29)21-16-25(21)10-14-27(15-11-25)17-18-4-6-19(7-5-18)23(30)32-2/h4-7,20-21H,3,8-17H2,1-2H3,(H,26,29)/t21-/m0/s1. The van der Waals surface area contributed by atoms with E-state index in [1.807, 2.05) is 31.2 Å². The summed E-state index contributed by atoms with van der Waals surface area (Å²) in [7, 11) is 1.39. The van der Waals surface area contributed by atoms with Gasteiger partial charge in [0.05, 0.1) is 19.3 Å². The largest absolute Gasteiger partial charge is 0.465 e. The fourth-order valence-corrected chi connectivity index (χ4v) is 5.27. The monoisotopic (exact) mass is 457 g/mol. The molecular formula is C25H35N3O5. The Morgan fingerprint density at radius 3 is 2.33 bits per heavy atom. The topological polar surface area (TPSA) is 88.2 Å². The van der Waals surface area contributed by atoms with Crippen LogP contribution in [0.1, 0.15) is 54.9 Å². The van der Waals surface area contributed by atoms with E-state index >= 15 is 0 Å². The van der Waals surface area contributed by atoms with E-state index in [1.54, 1.807) is 4.90 Å². The third-order valence-electron chi connectivity index (χ3n) is 7.51. The number of benzene rings is 1. The Labute approximate surface area is 195 Å². The Balaban J connectivity index is 1.19. The second kappa shape index (κ2) is 10.1. The van der Waals surface area contributed by atoms with Crippen molar-refractivity contribution in [2.24, 2.45) is 11.3 Å². The van der Waals surface area contributed by atoms with E-state index in [0.717, 1.165) is 51.7 Å². The summed E-state index contributed by atoms with van der Waals surface area (Å²) < 4.78 is 9.82. The SMILES string of the molecule is CCOC(=O)N1CCC(NC(=O)[C@@H]2CC23CCN(Cc2ccc(C(=O)OC)cc2)CC3)CC1. The number of carbonyl (C=O) groups excluding carboxylic acids is 3. The molecule has 3 fully saturated rings. The van der Waals surface area contributed by atoms with E-state index in [2.05, 4.69) is 10.2 Å². The first kappa shape index (κ1) is 23.5. The molecule has 1 aliphatic carbocycles. The van der Waals surface area contributed by atoms with Gasteiger partial charge in [0, 0.05) is 31.6 Å². The predicted octanol–water partition coefficient (Wildman–Crippen LogP) is 2.81. The first-order chi connectivity index (χ1) is 15.9. The molecule has 1 aromatic carbocycles. The first-order valence-corrected chi connectivity index (χ1v) is 12.1. The molecule has 1 spiro atoms. The van der Waals surface area contributed by atoms with Crippen molar-refractivity contribution in [3.8, 4) is 0 Å². The van der Waals surface area contributed by atoms with Crippen LogP contribution in [0.15, 0.2) is 24.3 Å². The number of rotatable bonds is 6. The van der Waals surface area contributed by atoms with Crippen LogP contribution in [0.25, 0.3) is 0 Å². The van der Waals surface area contributed by atoms with E-state index in [0.29, 0.717) is 25.3 Å². The highest BCUT2D eigenvalue weighted by molar-refractivity contribution is 5.89. The molecule has 1 atom stereocenters. The zero-order chi connectivity index (χ0) is 23.4. The Morgan fingerprint density at radius 2 is 1.73 bits per heavy atom. The van der Waals surface area contributed by atoms with E-state index in [4.69, 9.17) is 9.47 Å². The smallest absolute Gasteiger partial charge is 0.409 e. The predicted molar refractivity (Wildman–Crippen MR) is 123 cm³/mol. The van der Waals surface area contributed by atoms with Crippen LogP contribution in [0.2, 0.25) is 0 Å². The highest BCUT2D eigenvalue weighted by Crippen LogP contribution is 2.59. The van der Waals surface area contributed by atoms with Crippen LogP contribution in [0, 0.1) is 11.3 Å². The highest BCUT2D eigenvalue weighted by atomic mass is 16.6. The van der Waals surface area contributed by atoms with Gasteiger partial charge in [-0.25, -0.2) is 9.59 Å². The maximum Gasteiger partial charge on any atom is 0.409 e. The van der Waals surface area contributed by atoms with Gasteiger partial charge in [-0.2, -0.15) is 0 Å². The Kier molecular flexibility index (Phi) is 7.22. The lowest BCUT2D eigenvalue weighted by atomic mass is 9.90. The molecule has 2 heterocycles. The number of nitrogens with zero attached hydrogens (tertiary/aromatic N) is 2. The minimum Gasteiger partial charge on any atom is -0.465 e. The van der Waals surface area contributed by atoms with Gasteiger partial charge in [-0.1, -0.05) is 12.1 Å². The quantitative estimate of drug-likeness (QED) is 0.661. The molecule has 8 nitrogen and oxygen atoms in total. The molecule has 8 heteroatoms. The summed E-state index contributed by atoms with van der Waals surface area (Å²) in [6.07, 6.45) is 4.40. The second-order valence-electron chi connectivity index (χ2n) is 9.55. The lowest BCUT2D eigenvalue weighted by Gasteiger charge is -2.34. The molecule has 1 saturated carbocycles. The van der Waals surface area contributed by atoms with Crippen molar-refractivity contribution in [2.75, 3.05) is 39.9 Å². The van der Waals surface area contributed by atoms with E-state index in [-0.39, 0.29) is 35.3 Å². The molecule has 3 aliphatic rings. The molecule has 0 radical (unpaired) electrons. The molecular weight excluding hydrogens is 422 g/mol. The molecule has 0 aromatic heterocycles. The Hall–Kier alpha value is -2.61. The average Bonchev–Trinajstić information content (AvgIpc) is 3.55. The third kappa shape index (κ3) is 5.49. The summed E-state index contributed by atoms with van der Waals surface area (Å²) in [6, 6.07) is 7.74. The molecule has 4 rings (SSSR count). The summed E-state index contributed by atoms with van der Waals surface area (Å²) in [4.78, 5) is 40.5. The van der Waals surface area contributed by atoms with Crippen LogP contribution in [0.4, 0.5) is 4.79 Å². The van der Waals surface area contributed by atoms with Gasteiger partial charge >= 0.3 is 12.1 Å². The summed E-state index contributed by atoms with van der Waals surface area (Å²) in [5, 5.41) is 3.24. The maximum atomic E-state index is 12.9. The molecule has 0 bridgehead atoms. The third-order valence-corrected chi connectivity index (χ3v) is 7.51. The number of ether oxygens (including phenoxy) is 2. The number of piperidine rings is 2. The van der Waals surface area contributed by atoms with Crippen molar-refractivity contribution < 1.29 is 23.9 Å². The van der Waals surface area contributed by atoms with E-state index in [9.17, 15) is 14.4 Å². The van der Waals surface area contributed by atoms with Gasteiger partial charge in [0.15, 0.2) is 0 Å². The van der Waals surface area contributed by atoms with Gasteiger partial charge in [0.1, 0.15) is 0 Å². The highest BCUT2D eigenvalue weighted by Gasteiger charge is 2.58. The number of nitrogens with one attached hydrogen (secondary N) is 1.